The molecule has 338 valence electrons. The molecule has 0 aromatic heterocycles. The summed E-state index contributed by atoms with van der Waals surface area (Å²) in [5.74, 6) is -0.0802. The molecule has 2 atom stereocenters. The van der Waals surface area contributed by atoms with Gasteiger partial charge in [0.15, 0.2) is 0 Å². The average molecular weight is 806 g/mol. The zero-order valence-corrected chi connectivity index (χ0v) is 38.3. The molecule has 0 aromatic rings. The van der Waals surface area contributed by atoms with E-state index in [0.29, 0.717) is 25.9 Å². The maximum absolute atomic E-state index is 12.4. The first-order valence-corrected chi connectivity index (χ1v) is 25.4. The molecule has 0 radical (unpaired) electrons. The van der Waals surface area contributed by atoms with Crippen LogP contribution in [0, 0.1) is 0 Å². The van der Waals surface area contributed by atoms with Crippen molar-refractivity contribution in [3.8, 4) is 0 Å². The maximum atomic E-state index is 12.4. The van der Waals surface area contributed by atoms with Crippen molar-refractivity contribution in [2.75, 3.05) is 13.2 Å². The van der Waals surface area contributed by atoms with Gasteiger partial charge < -0.3 is 20.3 Å². The Kier molecular flexibility index (Phi) is 46.1. The molecule has 0 heterocycles. The van der Waals surface area contributed by atoms with Crippen molar-refractivity contribution in [2.24, 2.45) is 0 Å². The lowest BCUT2D eigenvalue weighted by Crippen LogP contribution is -2.45. The summed E-state index contributed by atoms with van der Waals surface area (Å²) in [6.45, 7) is 4.90. The summed E-state index contributed by atoms with van der Waals surface area (Å²) in [7, 11) is 0. The van der Waals surface area contributed by atoms with Crippen molar-refractivity contribution in [2.45, 2.75) is 289 Å². The molecule has 57 heavy (non-hydrogen) atoms. The summed E-state index contributed by atoms with van der Waals surface area (Å²) < 4.78 is 5.44. The van der Waals surface area contributed by atoms with Crippen LogP contribution < -0.4 is 5.32 Å². The maximum Gasteiger partial charge on any atom is 0.305 e. The van der Waals surface area contributed by atoms with E-state index in [9.17, 15) is 19.8 Å². The number of hydrogen-bond acceptors (Lipinski definition) is 5. The van der Waals surface area contributed by atoms with Crippen LogP contribution in [0.5, 0.6) is 0 Å². The summed E-state index contributed by atoms with van der Waals surface area (Å²) in [5.41, 5.74) is 0. The highest BCUT2D eigenvalue weighted by Crippen LogP contribution is 2.16. The van der Waals surface area contributed by atoms with E-state index >= 15 is 0 Å². The molecule has 0 saturated heterocycles. The molecule has 0 aromatic carbocycles. The van der Waals surface area contributed by atoms with Crippen LogP contribution in [0.15, 0.2) is 12.2 Å². The topological polar surface area (TPSA) is 95.9 Å². The Morgan fingerprint density at radius 2 is 0.825 bits per heavy atom. The first-order chi connectivity index (χ1) is 28.0. The fourth-order valence-corrected chi connectivity index (χ4v) is 7.87. The Morgan fingerprint density at radius 3 is 1.25 bits per heavy atom. The van der Waals surface area contributed by atoms with Crippen LogP contribution in [0.3, 0.4) is 0 Å². The summed E-state index contributed by atoms with van der Waals surface area (Å²) in [6.07, 6.45) is 53.2. The van der Waals surface area contributed by atoms with E-state index in [1.807, 2.05) is 0 Å². The molecule has 6 nitrogen and oxygen atoms in total. The number of aliphatic hydroxyl groups is 2. The first kappa shape index (κ1) is 55.6. The molecule has 1 amide bonds. The average Bonchev–Trinajstić information content (AvgIpc) is 3.21. The number of ether oxygens (including phenoxy) is 1. The van der Waals surface area contributed by atoms with Crippen molar-refractivity contribution in [3.63, 3.8) is 0 Å². The van der Waals surface area contributed by atoms with Crippen LogP contribution in [0.1, 0.15) is 277 Å². The highest BCUT2D eigenvalue weighted by molar-refractivity contribution is 5.76. The summed E-state index contributed by atoms with van der Waals surface area (Å²) in [4.78, 5) is 24.4. The van der Waals surface area contributed by atoms with Crippen molar-refractivity contribution in [1.29, 1.82) is 0 Å². The first-order valence-electron chi connectivity index (χ1n) is 25.4. The third-order valence-electron chi connectivity index (χ3n) is 11.8. The fraction of sp³-hybridized carbons (Fsp3) is 0.922. The Bertz CT molecular complexity index is 847. The third-order valence-corrected chi connectivity index (χ3v) is 11.8. The van der Waals surface area contributed by atoms with Gasteiger partial charge >= 0.3 is 5.97 Å². The molecule has 0 aliphatic carbocycles. The van der Waals surface area contributed by atoms with Gasteiger partial charge in [-0.2, -0.15) is 0 Å². The van der Waals surface area contributed by atoms with E-state index in [-0.39, 0.29) is 18.5 Å². The van der Waals surface area contributed by atoms with Gasteiger partial charge in [-0.05, 0) is 57.8 Å². The van der Waals surface area contributed by atoms with Crippen molar-refractivity contribution in [3.05, 3.63) is 12.2 Å². The zero-order chi connectivity index (χ0) is 41.5. The standard InChI is InChI=1S/C51H99NO5/c1-3-5-7-9-11-13-15-17-19-23-27-31-35-39-43-49(54)48(47-53)52-50(55)44-40-36-32-28-24-21-22-26-30-34-38-42-46-57-51(56)45-41-37-33-29-25-20-18-16-14-12-10-8-6-4-2/h22,26,48-49,53-54H,3-21,23-25,27-47H2,1-2H3,(H,52,55)/b26-22-. The number of esters is 1. The number of unbranched alkanes of at least 4 members (excludes halogenated alkanes) is 34. The van der Waals surface area contributed by atoms with Crippen LogP contribution in [0.2, 0.25) is 0 Å². The lowest BCUT2D eigenvalue weighted by Gasteiger charge is -2.22. The van der Waals surface area contributed by atoms with Gasteiger partial charge in [0.05, 0.1) is 25.4 Å². The molecular formula is C51H99NO5. The van der Waals surface area contributed by atoms with Gasteiger partial charge in [0.1, 0.15) is 0 Å². The number of aliphatic hydroxyl groups excluding tert-OH is 2. The molecule has 3 N–H and O–H groups in total. The second-order valence-corrected chi connectivity index (χ2v) is 17.5. The number of allylic oxidation sites excluding steroid dienone is 2. The molecule has 0 bridgehead atoms. The van der Waals surface area contributed by atoms with E-state index in [0.717, 1.165) is 77.0 Å². The van der Waals surface area contributed by atoms with E-state index in [2.05, 4.69) is 31.3 Å². The largest absolute Gasteiger partial charge is 0.466 e. The van der Waals surface area contributed by atoms with Gasteiger partial charge in [0.25, 0.3) is 0 Å². The van der Waals surface area contributed by atoms with Gasteiger partial charge in [-0.15, -0.1) is 0 Å². The minimum atomic E-state index is -0.678. The number of amides is 1. The number of hydrogen-bond donors (Lipinski definition) is 3. The van der Waals surface area contributed by atoms with E-state index in [1.54, 1.807) is 0 Å². The molecule has 0 saturated carbocycles. The van der Waals surface area contributed by atoms with Crippen LogP contribution in [-0.2, 0) is 14.3 Å². The second-order valence-electron chi connectivity index (χ2n) is 17.5. The number of carbonyl (C=O) groups excluding carboxylic acids is 2. The van der Waals surface area contributed by atoms with E-state index in [1.165, 1.54) is 167 Å². The van der Waals surface area contributed by atoms with Gasteiger partial charge in [0, 0.05) is 12.8 Å². The van der Waals surface area contributed by atoms with Gasteiger partial charge in [-0.3, -0.25) is 9.59 Å². The minimum Gasteiger partial charge on any atom is -0.466 e. The lowest BCUT2D eigenvalue weighted by molar-refractivity contribution is -0.143. The van der Waals surface area contributed by atoms with Gasteiger partial charge in [0.2, 0.25) is 5.91 Å². The van der Waals surface area contributed by atoms with Crippen molar-refractivity contribution in [1.82, 2.24) is 5.32 Å². The molecule has 0 spiro atoms. The van der Waals surface area contributed by atoms with E-state index < -0.39 is 12.1 Å². The molecule has 0 aliphatic heterocycles. The molecular weight excluding hydrogens is 707 g/mol. The molecule has 2 unspecified atom stereocenters. The molecule has 0 fully saturated rings. The normalized spacial score (nSPS) is 12.7. The SMILES string of the molecule is CCCCCCCCCCCCCCCCC(=O)OCCCCC/C=C\CCCCCCCC(=O)NC(CO)C(O)CCCCCCCCCCCCCCCC. The van der Waals surface area contributed by atoms with Crippen LogP contribution in [0.25, 0.3) is 0 Å². The summed E-state index contributed by atoms with van der Waals surface area (Å²) in [5, 5.41) is 23.2. The third kappa shape index (κ3) is 44.0. The molecule has 0 aliphatic rings. The smallest absolute Gasteiger partial charge is 0.305 e. The van der Waals surface area contributed by atoms with Gasteiger partial charge in [-0.25, -0.2) is 0 Å². The predicted molar refractivity (Wildman–Crippen MR) is 246 cm³/mol. The van der Waals surface area contributed by atoms with Crippen LogP contribution in [-0.4, -0.2) is 47.4 Å². The zero-order valence-electron chi connectivity index (χ0n) is 38.3. The highest BCUT2D eigenvalue weighted by Gasteiger charge is 2.20. The fourth-order valence-electron chi connectivity index (χ4n) is 7.87. The lowest BCUT2D eigenvalue weighted by atomic mass is 10.0. The Morgan fingerprint density at radius 1 is 0.474 bits per heavy atom. The summed E-state index contributed by atoms with van der Waals surface area (Å²) in [6, 6.07) is -0.558. The number of nitrogens with one attached hydrogen (secondary N) is 1. The second kappa shape index (κ2) is 47.3. The molecule has 0 rings (SSSR count). The summed E-state index contributed by atoms with van der Waals surface area (Å²) >= 11 is 0. The predicted octanol–water partition coefficient (Wildman–Crippen LogP) is 15.0. The Balaban J connectivity index is 3.49. The van der Waals surface area contributed by atoms with E-state index in [4.69, 9.17) is 4.74 Å². The monoisotopic (exact) mass is 806 g/mol. The van der Waals surface area contributed by atoms with Crippen molar-refractivity contribution < 1.29 is 24.5 Å². The Labute approximate surface area is 355 Å². The number of rotatable bonds is 47. The van der Waals surface area contributed by atoms with Crippen molar-refractivity contribution >= 4 is 11.9 Å². The molecule has 6 heteroatoms. The van der Waals surface area contributed by atoms with Crippen LogP contribution >= 0.6 is 0 Å². The van der Waals surface area contributed by atoms with Gasteiger partial charge in [-0.1, -0.05) is 219 Å². The quantitative estimate of drug-likeness (QED) is 0.0323. The minimum absolute atomic E-state index is 0.0204. The number of carbonyl (C=O) groups is 2. The highest BCUT2D eigenvalue weighted by atomic mass is 16.5. The van der Waals surface area contributed by atoms with Crippen LogP contribution in [0.4, 0.5) is 0 Å². The Hall–Kier alpha value is -1.40.